The van der Waals surface area contributed by atoms with Gasteiger partial charge in [-0.2, -0.15) is 0 Å². The summed E-state index contributed by atoms with van der Waals surface area (Å²) in [6, 6.07) is 18.4. The van der Waals surface area contributed by atoms with Crippen LogP contribution in [0.15, 0.2) is 81.3 Å². The fourth-order valence-corrected chi connectivity index (χ4v) is 3.80. The summed E-state index contributed by atoms with van der Waals surface area (Å²) in [4.78, 5) is 30.0. The van der Waals surface area contributed by atoms with Gasteiger partial charge in [-0.05, 0) is 48.9 Å². The summed E-state index contributed by atoms with van der Waals surface area (Å²) in [5.74, 6) is 0.624. The summed E-state index contributed by atoms with van der Waals surface area (Å²) in [6.07, 6.45) is 1.57. The van der Waals surface area contributed by atoms with E-state index in [1.54, 1.807) is 35.1 Å². The molecule has 0 fully saturated rings. The van der Waals surface area contributed by atoms with E-state index in [9.17, 15) is 9.59 Å². The Balaban J connectivity index is 1.59. The third kappa shape index (κ3) is 4.41. The van der Waals surface area contributed by atoms with Crippen molar-refractivity contribution in [2.24, 2.45) is 0 Å². The number of aryl methyl sites for hydroxylation is 1. The Morgan fingerprint density at radius 1 is 1.14 bits per heavy atom. The van der Waals surface area contributed by atoms with Crippen LogP contribution in [0.25, 0.3) is 10.9 Å². The molecule has 0 bridgehead atoms. The second kappa shape index (κ2) is 8.36. The standard InChI is InChI=1S/C22H19N3O3S/c1-15-6-4-7-16(12-15)23-20(26)14-29-22-24-19-10-3-2-9-18(19)21(27)25(22)13-17-8-5-11-28-17/h2-12H,13-14H2,1H3,(H,23,26). The fourth-order valence-electron chi connectivity index (χ4n) is 3.01. The lowest BCUT2D eigenvalue weighted by molar-refractivity contribution is -0.113. The van der Waals surface area contributed by atoms with Gasteiger partial charge in [0, 0.05) is 5.69 Å². The zero-order chi connectivity index (χ0) is 20.2. The first kappa shape index (κ1) is 19.0. The van der Waals surface area contributed by atoms with Crippen molar-refractivity contribution in [2.75, 3.05) is 11.1 Å². The Kier molecular flexibility index (Phi) is 5.48. The van der Waals surface area contributed by atoms with Crippen LogP contribution in [0.2, 0.25) is 0 Å². The number of fused-ring (bicyclic) bond motifs is 1. The quantitative estimate of drug-likeness (QED) is 0.386. The highest BCUT2D eigenvalue weighted by Crippen LogP contribution is 2.20. The summed E-state index contributed by atoms with van der Waals surface area (Å²) in [5, 5.41) is 3.89. The molecule has 0 unspecified atom stereocenters. The fraction of sp³-hybridized carbons (Fsp3) is 0.136. The molecule has 4 rings (SSSR count). The first-order valence-electron chi connectivity index (χ1n) is 9.11. The number of amides is 1. The van der Waals surface area contributed by atoms with Crippen molar-refractivity contribution in [3.8, 4) is 0 Å². The number of hydrogen-bond acceptors (Lipinski definition) is 5. The van der Waals surface area contributed by atoms with Crippen molar-refractivity contribution in [3.63, 3.8) is 0 Å². The second-order valence-corrected chi connectivity index (χ2v) is 7.53. The number of rotatable bonds is 6. The Labute approximate surface area is 171 Å². The molecule has 2 aromatic heterocycles. The second-order valence-electron chi connectivity index (χ2n) is 6.59. The Morgan fingerprint density at radius 2 is 2.00 bits per heavy atom. The molecule has 0 saturated heterocycles. The van der Waals surface area contributed by atoms with Crippen LogP contribution >= 0.6 is 11.8 Å². The highest BCUT2D eigenvalue weighted by atomic mass is 32.2. The van der Waals surface area contributed by atoms with Crippen LogP contribution in [0.3, 0.4) is 0 Å². The van der Waals surface area contributed by atoms with Crippen molar-refractivity contribution >= 4 is 34.3 Å². The minimum Gasteiger partial charge on any atom is -0.467 e. The monoisotopic (exact) mass is 405 g/mol. The molecule has 0 saturated carbocycles. The van der Waals surface area contributed by atoms with E-state index in [0.717, 1.165) is 11.3 Å². The molecule has 0 aliphatic heterocycles. The van der Waals surface area contributed by atoms with Crippen molar-refractivity contribution in [1.82, 2.24) is 9.55 Å². The number of thioether (sulfide) groups is 1. The number of carbonyl (C=O) groups excluding carboxylic acids is 1. The molecule has 2 heterocycles. The molecule has 29 heavy (non-hydrogen) atoms. The Morgan fingerprint density at radius 3 is 2.79 bits per heavy atom. The molecule has 1 amide bonds. The first-order chi connectivity index (χ1) is 14.1. The highest BCUT2D eigenvalue weighted by Gasteiger charge is 2.14. The van der Waals surface area contributed by atoms with E-state index in [1.165, 1.54) is 11.8 Å². The van der Waals surface area contributed by atoms with Crippen LogP contribution in [0, 0.1) is 6.92 Å². The van der Waals surface area contributed by atoms with E-state index in [1.807, 2.05) is 43.3 Å². The van der Waals surface area contributed by atoms with Gasteiger partial charge in [0.05, 0.1) is 29.5 Å². The molecular formula is C22H19N3O3S. The summed E-state index contributed by atoms with van der Waals surface area (Å²) >= 11 is 1.23. The molecule has 4 aromatic rings. The number of anilines is 1. The predicted molar refractivity (Wildman–Crippen MR) is 114 cm³/mol. The number of furan rings is 1. The summed E-state index contributed by atoms with van der Waals surface area (Å²) in [6.45, 7) is 2.22. The maximum Gasteiger partial charge on any atom is 0.262 e. The largest absolute Gasteiger partial charge is 0.467 e. The maximum absolute atomic E-state index is 13.0. The molecule has 0 radical (unpaired) electrons. The van der Waals surface area contributed by atoms with Gasteiger partial charge < -0.3 is 9.73 Å². The average Bonchev–Trinajstić information content (AvgIpc) is 3.22. The lowest BCUT2D eigenvalue weighted by Crippen LogP contribution is -2.24. The molecule has 0 aliphatic rings. The van der Waals surface area contributed by atoms with Gasteiger partial charge in [-0.25, -0.2) is 4.98 Å². The molecule has 0 spiro atoms. The number of nitrogens with one attached hydrogen (secondary N) is 1. The van der Waals surface area contributed by atoms with Crippen LogP contribution in [-0.2, 0) is 11.3 Å². The number of para-hydroxylation sites is 1. The molecule has 146 valence electrons. The zero-order valence-electron chi connectivity index (χ0n) is 15.8. The van der Waals surface area contributed by atoms with Crippen LogP contribution in [0.4, 0.5) is 5.69 Å². The topological polar surface area (TPSA) is 77.1 Å². The third-order valence-electron chi connectivity index (χ3n) is 4.35. The minimum atomic E-state index is -0.160. The number of carbonyl (C=O) groups is 1. The maximum atomic E-state index is 13.0. The summed E-state index contributed by atoms with van der Waals surface area (Å²) < 4.78 is 6.95. The van der Waals surface area contributed by atoms with Crippen LogP contribution in [-0.4, -0.2) is 21.2 Å². The van der Waals surface area contributed by atoms with Crippen molar-refractivity contribution in [3.05, 3.63) is 88.6 Å². The number of aromatic nitrogens is 2. The molecule has 1 N–H and O–H groups in total. The van der Waals surface area contributed by atoms with Gasteiger partial charge in [0.1, 0.15) is 5.76 Å². The SMILES string of the molecule is Cc1cccc(NC(=O)CSc2nc3ccccc3c(=O)n2Cc2ccco2)c1. The van der Waals surface area contributed by atoms with Gasteiger partial charge in [0.15, 0.2) is 5.16 Å². The van der Waals surface area contributed by atoms with Gasteiger partial charge in [0.25, 0.3) is 5.56 Å². The highest BCUT2D eigenvalue weighted by molar-refractivity contribution is 7.99. The lowest BCUT2D eigenvalue weighted by atomic mass is 10.2. The van der Waals surface area contributed by atoms with Crippen molar-refractivity contribution in [1.29, 1.82) is 0 Å². The lowest BCUT2D eigenvalue weighted by Gasteiger charge is -2.12. The third-order valence-corrected chi connectivity index (χ3v) is 5.33. The van der Waals surface area contributed by atoms with Gasteiger partial charge in [0.2, 0.25) is 5.91 Å². The molecule has 2 aromatic carbocycles. The predicted octanol–water partition coefficient (Wildman–Crippen LogP) is 4.08. The Hall–Kier alpha value is -3.32. The van der Waals surface area contributed by atoms with Gasteiger partial charge >= 0.3 is 0 Å². The smallest absolute Gasteiger partial charge is 0.262 e. The van der Waals surface area contributed by atoms with Crippen molar-refractivity contribution in [2.45, 2.75) is 18.6 Å². The van der Waals surface area contributed by atoms with Crippen LogP contribution in [0.1, 0.15) is 11.3 Å². The minimum absolute atomic E-state index is 0.136. The van der Waals surface area contributed by atoms with E-state index >= 15 is 0 Å². The van der Waals surface area contributed by atoms with Gasteiger partial charge in [-0.15, -0.1) is 0 Å². The number of hydrogen-bond donors (Lipinski definition) is 1. The average molecular weight is 405 g/mol. The first-order valence-corrected chi connectivity index (χ1v) is 10.1. The van der Waals surface area contributed by atoms with E-state index in [-0.39, 0.29) is 23.8 Å². The zero-order valence-corrected chi connectivity index (χ0v) is 16.6. The van der Waals surface area contributed by atoms with Crippen molar-refractivity contribution < 1.29 is 9.21 Å². The summed E-state index contributed by atoms with van der Waals surface area (Å²) in [5.41, 5.74) is 2.26. The van der Waals surface area contributed by atoms with Crippen LogP contribution in [0.5, 0.6) is 0 Å². The number of benzene rings is 2. The molecule has 6 nitrogen and oxygen atoms in total. The molecule has 0 aliphatic carbocycles. The molecule has 7 heteroatoms. The van der Waals surface area contributed by atoms with Gasteiger partial charge in [-0.1, -0.05) is 36.0 Å². The van der Waals surface area contributed by atoms with E-state index in [2.05, 4.69) is 10.3 Å². The van der Waals surface area contributed by atoms with Crippen LogP contribution < -0.4 is 10.9 Å². The molecular weight excluding hydrogens is 386 g/mol. The normalized spacial score (nSPS) is 10.9. The number of nitrogens with zero attached hydrogens (tertiary/aromatic N) is 2. The van der Waals surface area contributed by atoms with E-state index < -0.39 is 0 Å². The Bertz CT molecular complexity index is 1220. The van der Waals surface area contributed by atoms with E-state index in [4.69, 9.17) is 4.42 Å². The summed E-state index contributed by atoms with van der Waals surface area (Å²) in [7, 11) is 0. The molecule has 0 atom stereocenters. The van der Waals surface area contributed by atoms with E-state index in [0.29, 0.717) is 21.8 Å². The van der Waals surface area contributed by atoms with Gasteiger partial charge in [-0.3, -0.25) is 14.2 Å².